The van der Waals surface area contributed by atoms with E-state index in [4.69, 9.17) is 9.84 Å². The number of imidazole rings is 1. The van der Waals surface area contributed by atoms with Crippen molar-refractivity contribution in [1.82, 2.24) is 9.55 Å². The predicted octanol–water partition coefficient (Wildman–Crippen LogP) is 1.84. The third kappa shape index (κ3) is 2.32. The number of ether oxygens (including phenoxy) is 1. The highest BCUT2D eigenvalue weighted by Gasteiger charge is 2.13. The van der Waals surface area contributed by atoms with Crippen molar-refractivity contribution in [3.05, 3.63) is 47.8 Å². The SMILES string of the molecule is Cn1c(C(=O)O)cnc1COc1ccccc1F. The number of carboxylic acid groups (broad SMARTS) is 1. The van der Waals surface area contributed by atoms with Gasteiger partial charge in [0.15, 0.2) is 11.6 Å². The third-order valence-electron chi connectivity index (χ3n) is 2.50. The zero-order valence-electron chi connectivity index (χ0n) is 9.63. The van der Waals surface area contributed by atoms with Gasteiger partial charge in [0.05, 0.1) is 6.20 Å². The number of para-hydroxylation sites is 1. The lowest BCUT2D eigenvalue weighted by Gasteiger charge is -2.07. The van der Waals surface area contributed by atoms with E-state index >= 15 is 0 Å². The quantitative estimate of drug-likeness (QED) is 0.899. The Balaban J connectivity index is 2.12. The van der Waals surface area contributed by atoms with E-state index < -0.39 is 11.8 Å². The third-order valence-corrected chi connectivity index (χ3v) is 2.50. The van der Waals surface area contributed by atoms with E-state index in [0.717, 1.165) is 0 Å². The van der Waals surface area contributed by atoms with E-state index in [9.17, 15) is 9.18 Å². The van der Waals surface area contributed by atoms with Crippen LogP contribution in [0.4, 0.5) is 4.39 Å². The van der Waals surface area contributed by atoms with Gasteiger partial charge in [-0.25, -0.2) is 14.2 Å². The second kappa shape index (κ2) is 4.87. The van der Waals surface area contributed by atoms with Crippen LogP contribution in [0.25, 0.3) is 0 Å². The molecule has 0 bridgehead atoms. The van der Waals surface area contributed by atoms with Gasteiger partial charge < -0.3 is 14.4 Å². The van der Waals surface area contributed by atoms with E-state index in [1.54, 1.807) is 19.2 Å². The van der Waals surface area contributed by atoms with Crippen LogP contribution in [0.15, 0.2) is 30.5 Å². The Morgan fingerprint density at radius 1 is 1.50 bits per heavy atom. The lowest BCUT2D eigenvalue weighted by molar-refractivity contribution is 0.0686. The number of aromatic nitrogens is 2. The van der Waals surface area contributed by atoms with Crippen LogP contribution in [-0.4, -0.2) is 20.6 Å². The summed E-state index contributed by atoms with van der Waals surface area (Å²) in [5.41, 5.74) is 0.0575. The van der Waals surface area contributed by atoms with Gasteiger partial charge in [0, 0.05) is 7.05 Å². The molecule has 1 aromatic heterocycles. The average Bonchev–Trinajstić information content (AvgIpc) is 2.70. The van der Waals surface area contributed by atoms with Crippen molar-refractivity contribution in [3.63, 3.8) is 0 Å². The van der Waals surface area contributed by atoms with Crippen molar-refractivity contribution in [2.45, 2.75) is 6.61 Å². The molecule has 5 nitrogen and oxygen atoms in total. The van der Waals surface area contributed by atoms with Gasteiger partial charge in [0.25, 0.3) is 0 Å². The van der Waals surface area contributed by atoms with Crippen LogP contribution in [0.2, 0.25) is 0 Å². The highest BCUT2D eigenvalue weighted by atomic mass is 19.1. The molecule has 0 radical (unpaired) electrons. The van der Waals surface area contributed by atoms with Gasteiger partial charge in [0.1, 0.15) is 18.1 Å². The Labute approximate surface area is 102 Å². The molecule has 0 fully saturated rings. The summed E-state index contributed by atoms with van der Waals surface area (Å²) < 4.78 is 19.9. The lowest BCUT2D eigenvalue weighted by atomic mass is 10.3. The summed E-state index contributed by atoms with van der Waals surface area (Å²) >= 11 is 0. The molecule has 1 N–H and O–H groups in total. The van der Waals surface area contributed by atoms with Crippen LogP contribution < -0.4 is 4.74 Å². The smallest absolute Gasteiger partial charge is 0.354 e. The first-order valence-corrected chi connectivity index (χ1v) is 5.21. The second-order valence-electron chi connectivity index (χ2n) is 3.64. The number of carbonyl (C=O) groups is 1. The second-order valence-corrected chi connectivity index (χ2v) is 3.64. The molecule has 0 aliphatic heterocycles. The molecule has 0 unspecified atom stereocenters. The molecule has 1 aromatic carbocycles. The zero-order chi connectivity index (χ0) is 13.1. The largest absolute Gasteiger partial charge is 0.483 e. The molecule has 0 saturated heterocycles. The zero-order valence-corrected chi connectivity index (χ0v) is 9.63. The van der Waals surface area contributed by atoms with E-state index in [-0.39, 0.29) is 18.1 Å². The van der Waals surface area contributed by atoms with E-state index in [1.165, 1.54) is 22.9 Å². The molecule has 0 aliphatic carbocycles. The molecule has 1 heterocycles. The molecular formula is C12H11FN2O3. The minimum Gasteiger partial charge on any atom is -0.483 e. The molecule has 94 valence electrons. The molecule has 18 heavy (non-hydrogen) atoms. The normalized spacial score (nSPS) is 10.3. The molecule has 2 rings (SSSR count). The maximum Gasteiger partial charge on any atom is 0.354 e. The van der Waals surface area contributed by atoms with Gasteiger partial charge in [-0.1, -0.05) is 12.1 Å². The van der Waals surface area contributed by atoms with Crippen LogP contribution in [0.5, 0.6) is 5.75 Å². The molecule has 0 spiro atoms. The van der Waals surface area contributed by atoms with Crippen LogP contribution in [0.1, 0.15) is 16.3 Å². The van der Waals surface area contributed by atoms with Gasteiger partial charge in [-0.3, -0.25) is 0 Å². The maximum atomic E-state index is 13.3. The fourth-order valence-corrected chi connectivity index (χ4v) is 1.48. The van der Waals surface area contributed by atoms with Crippen LogP contribution in [-0.2, 0) is 13.7 Å². The Morgan fingerprint density at radius 2 is 2.22 bits per heavy atom. The van der Waals surface area contributed by atoms with Crippen molar-refractivity contribution >= 4 is 5.97 Å². The Kier molecular flexibility index (Phi) is 3.27. The average molecular weight is 250 g/mol. The van der Waals surface area contributed by atoms with Crippen molar-refractivity contribution in [1.29, 1.82) is 0 Å². The lowest BCUT2D eigenvalue weighted by Crippen LogP contribution is -2.09. The first kappa shape index (κ1) is 12.1. The van der Waals surface area contributed by atoms with Crippen LogP contribution in [0.3, 0.4) is 0 Å². The fraction of sp³-hybridized carbons (Fsp3) is 0.167. The van der Waals surface area contributed by atoms with Gasteiger partial charge >= 0.3 is 5.97 Å². The first-order valence-electron chi connectivity index (χ1n) is 5.21. The van der Waals surface area contributed by atoms with E-state index in [1.807, 2.05) is 0 Å². The van der Waals surface area contributed by atoms with Crippen molar-refractivity contribution in [3.8, 4) is 5.75 Å². The number of halogens is 1. The van der Waals surface area contributed by atoms with E-state index in [2.05, 4.69) is 4.98 Å². The summed E-state index contributed by atoms with van der Waals surface area (Å²) in [7, 11) is 1.57. The molecule has 0 saturated carbocycles. The first-order chi connectivity index (χ1) is 8.59. The van der Waals surface area contributed by atoms with Gasteiger partial charge in [-0.05, 0) is 12.1 Å². The molecule has 0 amide bonds. The summed E-state index contributed by atoms with van der Waals surface area (Å²) in [4.78, 5) is 14.7. The minimum atomic E-state index is -1.07. The van der Waals surface area contributed by atoms with Crippen LogP contribution in [0, 0.1) is 5.82 Å². The van der Waals surface area contributed by atoms with Gasteiger partial charge in [-0.15, -0.1) is 0 Å². The molecular weight excluding hydrogens is 239 g/mol. The summed E-state index contributed by atoms with van der Waals surface area (Å²) in [5.74, 6) is -1.01. The molecule has 2 aromatic rings. The number of hydrogen-bond donors (Lipinski definition) is 1. The van der Waals surface area contributed by atoms with Crippen LogP contribution >= 0.6 is 0 Å². The Hall–Kier alpha value is -2.37. The van der Waals surface area contributed by atoms with Gasteiger partial charge in [0.2, 0.25) is 0 Å². The van der Waals surface area contributed by atoms with Crippen molar-refractivity contribution < 1.29 is 19.0 Å². The summed E-state index contributed by atoms with van der Waals surface area (Å²) in [5, 5.41) is 8.85. The Bertz CT molecular complexity index is 580. The number of rotatable bonds is 4. The summed E-state index contributed by atoms with van der Waals surface area (Å²) in [6.45, 7) is 0.00468. The van der Waals surface area contributed by atoms with Crippen molar-refractivity contribution in [2.75, 3.05) is 0 Å². The highest BCUT2D eigenvalue weighted by molar-refractivity contribution is 5.85. The molecule has 0 aliphatic rings. The molecule has 6 heteroatoms. The fourth-order valence-electron chi connectivity index (χ4n) is 1.48. The van der Waals surface area contributed by atoms with Crippen molar-refractivity contribution in [2.24, 2.45) is 7.05 Å². The minimum absolute atomic E-state index is 0.00468. The topological polar surface area (TPSA) is 64.4 Å². The number of carboxylic acids is 1. The predicted molar refractivity (Wildman–Crippen MR) is 60.9 cm³/mol. The standard InChI is InChI=1S/C12H11FN2O3/c1-15-9(12(16)17)6-14-11(15)7-18-10-5-3-2-4-8(10)13/h2-6H,7H2,1H3,(H,16,17). The van der Waals surface area contributed by atoms with Gasteiger partial charge in [-0.2, -0.15) is 0 Å². The Morgan fingerprint density at radius 3 is 2.83 bits per heavy atom. The monoisotopic (exact) mass is 250 g/mol. The number of aromatic carboxylic acids is 1. The number of benzene rings is 1. The maximum absolute atomic E-state index is 13.3. The summed E-state index contributed by atoms with van der Waals surface area (Å²) in [6, 6.07) is 6.00. The van der Waals surface area contributed by atoms with E-state index in [0.29, 0.717) is 5.82 Å². The summed E-state index contributed by atoms with van der Waals surface area (Å²) in [6.07, 6.45) is 1.24. The number of hydrogen-bond acceptors (Lipinski definition) is 3. The number of nitrogens with zero attached hydrogens (tertiary/aromatic N) is 2. The highest BCUT2D eigenvalue weighted by Crippen LogP contribution is 2.17. The molecule has 0 atom stereocenters.